The largest absolute Gasteiger partial charge is 0.496 e. The van der Waals surface area contributed by atoms with Crippen LogP contribution >= 0.6 is 23.4 Å². The summed E-state index contributed by atoms with van der Waals surface area (Å²) in [5.41, 5.74) is 3.03. The van der Waals surface area contributed by atoms with Crippen LogP contribution in [0.4, 0.5) is 11.4 Å². The quantitative estimate of drug-likeness (QED) is 0.0991. The van der Waals surface area contributed by atoms with Gasteiger partial charge in [-0.3, -0.25) is 14.4 Å². The molecule has 0 aliphatic rings. The van der Waals surface area contributed by atoms with E-state index >= 15 is 0 Å². The monoisotopic (exact) mass is 647 g/mol. The van der Waals surface area contributed by atoms with Crippen LogP contribution in [0.2, 0.25) is 5.02 Å². The lowest BCUT2D eigenvalue weighted by Gasteiger charge is -2.18. The second-order valence-electron chi connectivity index (χ2n) is 10.0. The molecule has 7 nitrogen and oxygen atoms in total. The number of ether oxygens (including phenoxy) is 1. The Morgan fingerprint density at radius 1 is 0.739 bits per heavy atom. The molecule has 0 spiro atoms. The summed E-state index contributed by atoms with van der Waals surface area (Å²) in [4.78, 5) is 40.8. The SMILES string of the molecule is COc1ccccc1/C=C(\NC(=O)c1ccccc1)C(=O)Nc1ccc(SC(C(=O)Nc2cccc(Cl)c2)c2ccccc2)cc1. The second-order valence-corrected chi connectivity index (χ2v) is 11.6. The Morgan fingerprint density at radius 3 is 2.11 bits per heavy atom. The molecule has 5 aromatic rings. The molecule has 0 bridgehead atoms. The van der Waals surface area contributed by atoms with Gasteiger partial charge in [-0.25, -0.2) is 0 Å². The van der Waals surface area contributed by atoms with Crippen LogP contribution in [0.5, 0.6) is 5.75 Å². The van der Waals surface area contributed by atoms with E-state index < -0.39 is 17.1 Å². The van der Waals surface area contributed by atoms with E-state index in [0.29, 0.717) is 33.3 Å². The van der Waals surface area contributed by atoms with Crippen molar-refractivity contribution in [3.05, 3.63) is 161 Å². The maximum absolute atomic E-state index is 13.5. The zero-order chi connectivity index (χ0) is 32.3. The first-order valence-corrected chi connectivity index (χ1v) is 15.6. The first-order chi connectivity index (χ1) is 22.4. The van der Waals surface area contributed by atoms with Crippen LogP contribution in [-0.4, -0.2) is 24.8 Å². The summed E-state index contributed by atoms with van der Waals surface area (Å²) >= 11 is 7.49. The molecule has 0 aliphatic carbocycles. The van der Waals surface area contributed by atoms with E-state index in [0.717, 1.165) is 10.5 Å². The van der Waals surface area contributed by atoms with E-state index in [9.17, 15) is 14.4 Å². The van der Waals surface area contributed by atoms with Gasteiger partial charge in [-0.1, -0.05) is 84.4 Å². The van der Waals surface area contributed by atoms with Crippen molar-refractivity contribution in [3.8, 4) is 5.75 Å². The fourth-order valence-electron chi connectivity index (χ4n) is 4.51. The summed E-state index contributed by atoms with van der Waals surface area (Å²) in [5, 5.41) is 8.54. The Kier molecular flexibility index (Phi) is 10.9. The summed E-state index contributed by atoms with van der Waals surface area (Å²) in [6.45, 7) is 0. The fourth-order valence-corrected chi connectivity index (χ4v) is 5.72. The van der Waals surface area contributed by atoms with Crippen LogP contribution in [0.1, 0.15) is 26.7 Å². The molecule has 3 N–H and O–H groups in total. The summed E-state index contributed by atoms with van der Waals surface area (Å²) in [6, 6.07) is 39.5. The van der Waals surface area contributed by atoms with Gasteiger partial charge in [0.25, 0.3) is 11.8 Å². The van der Waals surface area contributed by atoms with Gasteiger partial charge in [-0.2, -0.15) is 0 Å². The Bertz CT molecular complexity index is 1850. The van der Waals surface area contributed by atoms with Crippen LogP contribution in [0.3, 0.4) is 0 Å². The van der Waals surface area contributed by atoms with Gasteiger partial charge in [-0.05, 0) is 72.3 Å². The van der Waals surface area contributed by atoms with Crippen molar-refractivity contribution in [2.75, 3.05) is 17.7 Å². The predicted octanol–water partition coefficient (Wildman–Crippen LogP) is 8.23. The van der Waals surface area contributed by atoms with E-state index in [4.69, 9.17) is 16.3 Å². The highest BCUT2D eigenvalue weighted by atomic mass is 35.5. The number of nitrogens with one attached hydrogen (secondary N) is 3. The van der Waals surface area contributed by atoms with Gasteiger partial charge < -0.3 is 20.7 Å². The van der Waals surface area contributed by atoms with Crippen LogP contribution in [0.15, 0.2) is 144 Å². The number of rotatable bonds is 11. The highest BCUT2D eigenvalue weighted by Crippen LogP contribution is 2.37. The number of carbonyl (C=O) groups is 3. The van der Waals surface area contributed by atoms with Crippen molar-refractivity contribution < 1.29 is 19.1 Å². The van der Waals surface area contributed by atoms with Crippen molar-refractivity contribution in [1.29, 1.82) is 0 Å². The number of amides is 3. The molecule has 1 atom stereocenters. The van der Waals surface area contributed by atoms with Gasteiger partial charge >= 0.3 is 0 Å². The van der Waals surface area contributed by atoms with E-state index in [1.165, 1.54) is 18.9 Å². The molecular formula is C37H30ClN3O4S. The molecule has 0 radical (unpaired) electrons. The number of benzene rings is 5. The molecule has 5 rings (SSSR count). The average Bonchev–Trinajstić information content (AvgIpc) is 3.08. The Balaban J connectivity index is 1.34. The lowest BCUT2D eigenvalue weighted by Crippen LogP contribution is -2.30. The summed E-state index contributed by atoms with van der Waals surface area (Å²) in [5.74, 6) is -0.586. The molecular weight excluding hydrogens is 618 g/mol. The summed E-state index contributed by atoms with van der Waals surface area (Å²) < 4.78 is 5.44. The van der Waals surface area contributed by atoms with Crippen LogP contribution in [-0.2, 0) is 9.59 Å². The minimum Gasteiger partial charge on any atom is -0.496 e. The van der Waals surface area contributed by atoms with Crippen molar-refractivity contribution >= 4 is 58.5 Å². The number of carbonyl (C=O) groups excluding carboxylic acids is 3. The second kappa shape index (κ2) is 15.6. The Morgan fingerprint density at radius 2 is 1.41 bits per heavy atom. The van der Waals surface area contributed by atoms with Gasteiger partial charge in [0.1, 0.15) is 16.7 Å². The minimum absolute atomic E-state index is 0.0404. The zero-order valence-electron chi connectivity index (χ0n) is 24.8. The zero-order valence-corrected chi connectivity index (χ0v) is 26.3. The smallest absolute Gasteiger partial charge is 0.272 e. The topological polar surface area (TPSA) is 96.5 Å². The predicted molar refractivity (Wildman–Crippen MR) is 185 cm³/mol. The number of hydrogen-bond acceptors (Lipinski definition) is 5. The molecule has 0 heterocycles. The molecule has 3 amide bonds. The van der Waals surface area contributed by atoms with E-state index in [1.54, 1.807) is 78.9 Å². The summed E-state index contributed by atoms with van der Waals surface area (Å²) in [6.07, 6.45) is 1.57. The lowest BCUT2D eigenvalue weighted by molar-refractivity contribution is -0.116. The highest BCUT2D eigenvalue weighted by Gasteiger charge is 2.23. The fraction of sp³-hybridized carbons (Fsp3) is 0.0541. The molecule has 0 aliphatic heterocycles. The Labute approximate surface area is 276 Å². The van der Waals surface area contributed by atoms with Gasteiger partial charge in [0, 0.05) is 32.4 Å². The molecule has 9 heteroatoms. The summed E-state index contributed by atoms with van der Waals surface area (Å²) in [7, 11) is 1.54. The highest BCUT2D eigenvalue weighted by molar-refractivity contribution is 8.00. The number of methoxy groups -OCH3 is 1. The number of halogens is 1. The number of anilines is 2. The Hall–Kier alpha value is -5.31. The molecule has 0 saturated heterocycles. The van der Waals surface area contributed by atoms with Crippen molar-refractivity contribution in [2.45, 2.75) is 10.1 Å². The van der Waals surface area contributed by atoms with E-state index in [-0.39, 0.29) is 11.6 Å². The third kappa shape index (κ3) is 8.65. The van der Waals surface area contributed by atoms with Gasteiger partial charge in [0.15, 0.2) is 0 Å². The number of thioether (sulfide) groups is 1. The molecule has 46 heavy (non-hydrogen) atoms. The average molecular weight is 648 g/mol. The molecule has 0 fully saturated rings. The first-order valence-electron chi connectivity index (χ1n) is 14.3. The maximum Gasteiger partial charge on any atom is 0.272 e. The molecule has 1 unspecified atom stereocenters. The third-order valence-corrected chi connectivity index (χ3v) is 8.27. The molecule has 5 aromatic carbocycles. The number of hydrogen-bond donors (Lipinski definition) is 3. The van der Waals surface area contributed by atoms with Crippen LogP contribution in [0.25, 0.3) is 6.08 Å². The normalized spacial score (nSPS) is 11.7. The number of para-hydroxylation sites is 1. The standard InChI is InChI=1S/C37H30ClN3O4S/c1-45-33-18-9-8-15-27(33)23-32(41-35(42)26-13-6-3-7-14-26)36(43)39-29-19-21-31(22-20-29)46-34(25-11-4-2-5-12-25)37(44)40-30-17-10-16-28(38)24-30/h2-24,34H,1H3,(H,39,43)(H,40,44)(H,41,42)/b32-23-. The van der Waals surface area contributed by atoms with Gasteiger partial charge in [0.2, 0.25) is 5.91 Å². The van der Waals surface area contributed by atoms with Gasteiger partial charge in [-0.15, -0.1) is 11.8 Å². The lowest BCUT2D eigenvalue weighted by atomic mass is 10.1. The van der Waals surface area contributed by atoms with Crippen molar-refractivity contribution in [1.82, 2.24) is 5.32 Å². The minimum atomic E-state index is -0.552. The first kappa shape index (κ1) is 32.1. The molecule has 0 aromatic heterocycles. The maximum atomic E-state index is 13.5. The van der Waals surface area contributed by atoms with Crippen molar-refractivity contribution in [2.24, 2.45) is 0 Å². The van der Waals surface area contributed by atoms with Gasteiger partial charge in [0.05, 0.1) is 7.11 Å². The molecule has 230 valence electrons. The van der Waals surface area contributed by atoms with Crippen LogP contribution < -0.4 is 20.7 Å². The van der Waals surface area contributed by atoms with E-state index in [2.05, 4.69) is 16.0 Å². The van der Waals surface area contributed by atoms with Crippen LogP contribution in [0, 0.1) is 0 Å². The third-order valence-electron chi connectivity index (χ3n) is 6.77. The van der Waals surface area contributed by atoms with E-state index in [1.807, 2.05) is 60.7 Å². The molecule has 0 saturated carbocycles. The van der Waals surface area contributed by atoms with Crippen molar-refractivity contribution in [3.63, 3.8) is 0 Å².